The summed E-state index contributed by atoms with van der Waals surface area (Å²) in [7, 11) is 0. The van der Waals surface area contributed by atoms with Gasteiger partial charge >= 0.3 is 0 Å². The van der Waals surface area contributed by atoms with Gasteiger partial charge in [-0.1, -0.05) is 6.92 Å². The lowest BCUT2D eigenvalue weighted by Crippen LogP contribution is -2.22. The fraction of sp³-hybridized carbons (Fsp3) is 0.778. The summed E-state index contributed by atoms with van der Waals surface area (Å²) in [4.78, 5) is 0. The number of hydrogen-bond acceptors (Lipinski definition) is 2. The summed E-state index contributed by atoms with van der Waals surface area (Å²) in [5.74, 6) is 4.84. The van der Waals surface area contributed by atoms with Crippen LogP contribution in [-0.2, 0) is 0 Å². The molecule has 2 heteroatoms. The zero-order chi connectivity index (χ0) is 8.53. The summed E-state index contributed by atoms with van der Waals surface area (Å²) in [6.45, 7) is 2.15. The molecule has 0 saturated heterocycles. The molecule has 0 bridgehead atoms. The molecule has 0 heterocycles. The zero-order valence-electron chi connectivity index (χ0n) is 7.18. The molecule has 11 heavy (non-hydrogen) atoms. The molecule has 0 aliphatic carbocycles. The summed E-state index contributed by atoms with van der Waals surface area (Å²) < 4.78 is 0. The van der Waals surface area contributed by atoms with Gasteiger partial charge < -0.3 is 5.73 Å². The van der Waals surface area contributed by atoms with E-state index in [-0.39, 0.29) is 0 Å². The fourth-order valence-corrected chi connectivity index (χ4v) is 1.52. The number of hydrogen-bond donors (Lipinski definition) is 1. The Hall–Kier alpha value is -0.130. The van der Waals surface area contributed by atoms with Crippen LogP contribution in [0, 0.1) is 12.3 Å². The smallest absolute Gasteiger partial charge is 0.0130 e. The van der Waals surface area contributed by atoms with Crippen molar-refractivity contribution in [3.63, 3.8) is 0 Å². The normalized spacial score (nSPS) is 12.5. The van der Waals surface area contributed by atoms with Crippen LogP contribution in [0.25, 0.3) is 0 Å². The second-order valence-corrected chi connectivity index (χ2v) is 3.83. The molecule has 0 aliphatic rings. The first kappa shape index (κ1) is 10.9. The molecular weight excluding hydrogens is 154 g/mol. The van der Waals surface area contributed by atoms with E-state index < -0.39 is 0 Å². The SMILES string of the molecule is C#CCCCC(N)CSCC. The van der Waals surface area contributed by atoms with E-state index in [1.807, 2.05) is 11.8 Å². The minimum absolute atomic E-state index is 0.341. The highest BCUT2D eigenvalue weighted by Gasteiger charge is 1.99. The van der Waals surface area contributed by atoms with Gasteiger partial charge in [-0.15, -0.1) is 12.3 Å². The van der Waals surface area contributed by atoms with Crippen LogP contribution in [0.1, 0.15) is 26.2 Å². The molecule has 0 aromatic carbocycles. The lowest BCUT2D eigenvalue weighted by Gasteiger charge is -2.08. The second-order valence-electron chi connectivity index (χ2n) is 2.52. The first-order valence-corrected chi connectivity index (χ1v) is 5.23. The van der Waals surface area contributed by atoms with Crippen molar-refractivity contribution >= 4 is 11.8 Å². The van der Waals surface area contributed by atoms with Crippen LogP contribution >= 0.6 is 11.8 Å². The fourth-order valence-electron chi connectivity index (χ4n) is 0.819. The maximum absolute atomic E-state index is 5.81. The minimum Gasteiger partial charge on any atom is -0.327 e. The maximum Gasteiger partial charge on any atom is 0.0130 e. The molecule has 0 saturated carbocycles. The molecule has 0 aromatic heterocycles. The molecule has 1 atom stereocenters. The minimum atomic E-state index is 0.341. The van der Waals surface area contributed by atoms with Crippen molar-refractivity contribution in [1.82, 2.24) is 0 Å². The average Bonchev–Trinajstić information content (AvgIpc) is 2.01. The number of rotatable bonds is 6. The molecule has 0 rings (SSSR count). The Balaban J connectivity index is 3.10. The maximum atomic E-state index is 5.81. The first-order valence-electron chi connectivity index (χ1n) is 4.08. The Morgan fingerprint density at radius 2 is 2.36 bits per heavy atom. The third kappa shape index (κ3) is 7.77. The van der Waals surface area contributed by atoms with Crippen LogP contribution in [0.3, 0.4) is 0 Å². The van der Waals surface area contributed by atoms with E-state index in [1.54, 1.807) is 0 Å². The molecule has 0 aliphatic heterocycles. The number of terminal acetylenes is 1. The Bertz CT molecular complexity index is 117. The predicted molar refractivity (Wildman–Crippen MR) is 53.7 cm³/mol. The van der Waals surface area contributed by atoms with Gasteiger partial charge in [0.1, 0.15) is 0 Å². The highest BCUT2D eigenvalue weighted by atomic mass is 32.2. The Morgan fingerprint density at radius 1 is 1.64 bits per heavy atom. The molecule has 0 aromatic rings. The van der Waals surface area contributed by atoms with Gasteiger partial charge in [-0.2, -0.15) is 11.8 Å². The molecule has 2 N–H and O–H groups in total. The van der Waals surface area contributed by atoms with Gasteiger partial charge in [-0.3, -0.25) is 0 Å². The molecular formula is C9H17NS. The highest BCUT2D eigenvalue weighted by Crippen LogP contribution is 2.05. The third-order valence-corrected chi connectivity index (χ3v) is 2.50. The van der Waals surface area contributed by atoms with Gasteiger partial charge in [0, 0.05) is 18.2 Å². The van der Waals surface area contributed by atoms with E-state index in [0.29, 0.717) is 6.04 Å². The van der Waals surface area contributed by atoms with Crippen LogP contribution < -0.4 is 5.73 Å². The van der Waals surface area contributed by atoms with Crippen molar-refractivity contribution in [3.8, 4) is 12.3 Å². The van der Waals surface area contributed by atoms with Crippen molar-refractivity contribution in [2.24, 2.45) is 5.73 Å². The van der Waals surface area contributed by atoms with E-state index in [4.69, 9.17) is 12.2 Å². The quantitative estimate of drug-likeness (QED) is 0.488. The summed E-state index contributed by atoms with van der Waals surface area (Å²) in [5.41, 5.74) is 5.81. The molecule has 0 spiro atoms. The standard InChI is InChI=1S/C9H17NS/c1-3-5-6-7-9(10)8-11-4-2/h1,9H,4-8,10H2,2H3. The van der Waals surface area contributed by atoms with E-state index >= 15 is 0 Å². The second kappa shape index (κ2) is 7.97. The largest absolute Gasteiger partial charge is 0.327 e. The van der Waals surface area contributed by atoms with Gasteiger partial charge in [-0.05, 0) is 18.6 Å². The molecule has 0 radical (unpaired) electrons. The topological polar surface area (TPSA) is 26.0 Å². The summed E-state index contributed by atoms with van der Waals surface area (Å²) >= 11 is 1.90. The lowest BCUT2D eigenvalue weighted by atomic mass is 10.1. The Morgan fingerprint density at radius 3 is 2.91 bits per heavy atom. The van der Waals surface area contributed by atoms with Crippen LogP contribution in [-0.4, -0.2) is 17.5 Å². The summed E-state index contributed by atoms with van der Waals surface area (Å²) in [6, 6.07) is 0.341. The average molecular weight is 171 g/mol. The van der Waals surface area contributed by atoms with Gasteiger partial charge in [-0.25, -0.2) is 0 Å². The zero-order valence-corrected chi connectivity index (χ0v) is 7.99. The van der Waals surface area contributed by atoms with Crippen molar-refractivity contribution in [2.75, 3.05) is 11.5 Å². The van der Waals surface area contributed by atoms with Crippen molar-refractivity contribution in [3.05, 3.63) is 0 Å². The summed E-state index contributed by atoms with van der Waals surface area (Å²) in [5, 5.41) is 0. The van der Waals surface area contributed by atoms with E-state index in [9.17, 15) is 0 Å². The Kier molecular flexibility index (Phi) is 7.88. The lowest BCUT2D eigenvalue weighted by molar-refractivity contribution is 0.642. The van der Waals surface area contributed by atoms with Crippen molar-refractivity contribution in [1.29, 1.82) is 0 Å². The van der Waals surface area contributed by atoms with Crippen LogP contribution in [0.4, 0.5) is 0 Å². The monoisotopic (exact) mass is 171 g/mol. The first-order chi connectivity index (χ1) is 5.31. The van der Waals surface area contributed by atoms with Crippen LogP contribution in [0.5, 0.6) is 0 Å². The summed E-state index contributed by atoms with van der Waals surface area (Å²) in [6.07, 6.45) is 8.12. The van der Waals surface area contributed by atoms with Gasteiger partial charge in [0.2, 0.25) is 0 Å². The molecule has 1 nitrogen and oxygen atoms in total. The van der Waals surface area contributed by atoms with Crippen molar-refractivity contribution in [2.45, 2.75) is 32.2 Å². The number of unbranched alkanes of at least 4 members (excludes halogenated alkanes) is 1. The van der Waals surface area contributed by atoms with Crippen LogP contribution in [0.15, 0.2) is 0 Å². The number of thioether (sulfide) groups is 1. The molecule has 0 fully saturated rings. The predicted octanol–water partition coefficient (Wildman–Crippen LogP) is 1.87. The van der Waals surface area contributed by atoms with Gasteiger partial charge in [0.25, 0.3) is 0 Å². The van der Waals surface area contributed by atoms with Crippen LogP contribution in [0.2, 0.25) is 0 Å². The van der Waals surface area contributed by atoms with E-state index in [0.717, 1.165) is 30.8 Å². The van der Waals surface area contributed by atoms with Gasteiger partial charge in [0.05, 0.1) is 0 Å². The highest BCUT2D eigenvalue weighted by molar-refractivity contribution is 7.99. The van der Waals surface area contributed by atoms with Crippen molar-refractivity contribution < 1.29 is 0 Å². The third-order valence-electron chi connectivity index (χ3n) is 1.43. The Labute approximate surface area is 74.1 Å². The molecule has 1 unspecified atom stereocenters. The molecule has 64 valence electrons. The van der Waals surface area contributed by atoms with E-state index in [1.165, 1.54) is 0 Å². The van der Waals surface area contributed by atoms with E-state index in [2.05, 4.69) is 12.8 Å². The van der Waals surface area contributed by atoms with Gasteiger partial charge in [0.15, 0.2) is 0 Å². The molecule has 0 amide bonds. The number of nitrogens with two attached hydrogens (primary N) is 1.